The first-order valence-electron chi connectivity index (χ1n) is 11.0. The van der Waals surface area contributed by atoms with Gasteiger partial charge in [-0.15, -0.1) is 13.2 Å². The maximum absolute atomic E-state index is 14.3. The van der Waals surface area contributed by atoms with Crippen molar-refractivity contribution < 1.29 is 42.0 Å². The van der Waals surface area contributed by atoms with Gasteiger partial charge in [-0.25, -0.2) is 9.37 Å². The second kappa shape index (κ2) is 11.2. The van der Waals surface area contributed by atoms with Crippen LogP contribution >= 0.6 is 11.6 Å². The van der Waals surface area contributed by atoms with Crippen LogP contribution in [0.1, 0.15) is 5.56 Å². The summed E-state index contributed by atoms with van der Waals surface area (Å²) in [6, 6.07) is 8.26. The van der Waals surface area contributed by atoms with Gasteiger partial charge < -0.3 is 35.6 Å². The number of carbonyl (C=O) groups is 1. The van der Waals surface area contributed by atoms with Gasteiger partial charge in [0.15, 0.2) is 17.7 Å². The smallest absolute Gasteiger partial charge is 0.480 e. The molecule has 0 spiro atoms. The Labute approximate surface area is 217 Å². The Morgan fingerprint density at radius 3 is 2.66 bits per heavy atom. The van der Waals surface area contributed by atoms with E-state index in [1.165, 1.54) is 6.07 Å². The van der Waals surface area contributed by atoms with Crippen LogP contribution in [0.2, 0.25) is 5.02 Å². The molecule has 3 aromatic rings. The summed E-state index contributed by atoms with van der Waals surface area (Å²) in [5.74, 6) is -1.67. The lowest BCUT2D eigenvalue weighted by molar-refractivity contribution is -0.274. The fourth-order valence-corrected chi connectivity index (χ4v) is 3.66. The number of carbonyl (C=O) groups excluding carboxylic acids is 1. The van der Waals surface area contributed by atoms with Crippen molar-refractivity contribution in [2.75, 3.05) is 23.8 Å². The lowest BCUT2D eigenvalue weighted by Crippen LogP contribution is -2.41. The lowest BCUT2D eigenvalue weighted by Gasteiger charge is -2.13. The van der Waals surface area contributed by atoms with E-state index in [0.29, 0.717) is 17.0 Å². The van der Waals surface area contributed by atoms with Gasteiger partial charge in [-0.05, 0) is 36.4 Å². The summed E-state index contributed by atoms with van der Waals surface area (Å²) in [6.07, 6.45) is -5.66. The van der Waals surface area contributed by atoms with Gasteiger partial charge in [0.25, 0.3) is 5.91 Å². The molecule has 0 saturated heterocycles. The zero-order valence-corrected chi connectivity index (χ0v) is 20.0. The number of hydrogen-bond donors (Lipinski definition) is 5. The van der Waals surface area contributed by atoms with Crippen LogP contribution in [0.25, 0.3) is 0 Å². The quantitative estimate of drug-likeness (QED) is 0.251. The van der Waals surface area contributed by atoms with E-state index in [4.69, 9.17) is 21.4 Å². The lowest BCUT2D eigenvalue weighted by atomic mass is 10.1. The summed E-state index contributed by atoms with van der Waals surface area (Å²) in [5.41, 5.74) is 1.37. The number of nitrogens with zero attached hydrogens (tertiary/aromatic N) is 2. The Balaban J connectivity index is 1.42. The molecule has 1 aromatic heterocycles. The fraction of sp³-hybridized carbons (Fsp3) is 0.261. The standard InChI is InChI=1S/C23H20ClF4N5O5/c24-15-7-13(2-4-18(15)38-23(26,27)28)31-20-16(25)9-30-22(33-20)32-12-1-3-17-11(5-12)6-19(37-17)21(36)29-8-14(35)10-34/h1-5,7,9,14,19,34-35H,6,8,10H2,(H,29,36)(H2,30,31,32,33). The van der Waals surface area contributed by atoms with E-state index in [1.807, 2.05) is 0 Å². The SMILES string of the molecule is O=C(NCC(O)CO)C1Cc2cc(Nc3ncc(F)c(Nc4ccc(OC(F)(F)F)c(Cl)c4)n3)ccc2O1. The van der Waals surface area contributed by atoms with Crippen molar-refractivity contribution in [1.82, 2.24) is 15.3 Å². The average Bonchev–Trinajstić information content (AvgIpc) is 3.29. The van der Waals surface area contributed by atoms with Crippen LogP contribution in [0.5, 0.6) is 11.5 Å². The molecule has 2 aromatic carbocycles. The summed E-state index contributed by atoms with van der Waals surface area (Å²) in [6.45, 7) is -0.602. The molecule has 1 aliphatic rings. The summed E-state index contributed by atoms with van der Waals surface area (Å²) in [4.78, 5) is 20.2. The molecule has 0 saturated carbocycles. The van der Waals surface area contributed by atoms with Crippen LogP contribution in [0.15, 0.2) is 42.6 Å². The third-order valence-corrected chi connectivity index (χ3v) is 5.47. The number of aromatic nitrogens is 2. The molecule has 0 aliphatic carbocycles. The van der Waals surface area contributed by atoms with Crippen molar-refractivity contribution in [3.63, 3.8) is 0 Å². The number of rotatable bonds is 9. The molecule has 10 nitrogen and oxygen atoms in total. The maximum atomic E-state index is 14.3. The molecular weight excluding hydrogens is 538 g/mol. The molecule has 4 rings (SSSR count). The number of nitrogens with one attached hydrogen (secondary N) is 3. The predicted molar refractivity (Wildman–Crippen MR) is 127 cm³/mol. The number of hydrogen-bond acceptors (Lipinski definition) is 9. The molecule has 0 bridgehead atoms. The summed E-state index contributed by atoms with van der Waals surface area (Å²) < 4.78 is 61.1. The van der Waals surface area contributed by atoms with Crippen LogP contribution in [-0.4, -0.2) is 57.8 Å². The van der Waals surface area contributed by atoms with Gasteiger partial charge >= 0.3 is 6.36 Å². The van der Waals surface area contributed by atoms with E-state index in [9.17, 15) is 27.5 Å². The molecule has 2 atom stereocenters. The molecule has 202 valence electrons. The number of aliphatic hydroxyl groups excluding tert-OH is 2. The molecule has 0 radical (unpaired) electrons. The van der Waals surface area contributed by atoms with Crippen molar-refractivity contribution in [1.29, 1.82) is 0 Å². The highest BCUT2D eigenvalue weighted by Gasteiger charge is 2.32. The van der Waals surface area contributed by atoms with Gasteiger partial charge in [0, 0.05) is 29.9 Å². The van der Waals surface area contributed by atoms with Gasteiger partial charge in [-0.3, -0.25) is 4.79 Å². The van der Waals surface area contributed by atoms with Crippen molar-refractivity contribution in [3.8, 4) is 11.5 Å². The van der Waals surface area contributed by atoms with Crippen molar-refractivity contribution in [2.45, 2.75) is 25.0 Å². The largest absolute Gasteiger partial charge is 0.573 e. The zero-order chi connectivity index (χ0) is 27.4. The zero-order valence-electron chi connectivity index (χ0n) is 19.2. The minimum atomic E-state index is -4.92. The number of halogens is 5. The maximum Gasteiger partial charge on any atom is 0.573 e. The average molecular weight is 558 g/mol. The molecular formula is C23H20ClF4N5O5. The number of anilines is 4. The van der Waals surface area contributed by atoms with Gasteiger partial charge in [-0.2, -0.15) is 4.98 Å². The summed E-state index contributed by atoms with van der Waals surface area (Å²) in [7, 11) is 0. The topological polar surface area (TPSA) is 138 Å². The van der Waals surface area contributed by atoms with E-state index in [-0.39, 0.29) is 35.4 Å². The van der Waals surface area contributed by atoms with E-state index < -0.39 is 42.7 Å². The summed E-state index contributed by atoms with van der Waals surface area (Å²) >= 11 is 5.83. The number of benzene rings is 2. The van der Waals surface area contributed by atoms with Crippen LogP contribution in [0.4, 0.5) is 40.7 Å². The number of amides is 1. The van der Waals surface area contributed by atoms with Crippen LogP contribution < -0.4 is 25.4 Å². The predicted octanol–water partition coefficient (Wildman–Crippen LogP) is 3.43. The molecule has 38 heavy (non-hydrogen) atoms. The van der Waals surface area contributed by atoms with Crippen molar-refractivity contribution >= 4 is 40.6 Å². The highest BCUT2D eigenvalue weighted by Crippen LogP contribution is 2.34. The first-order chi connectivity index (χ1) is 18.0. The van der Waals surface area contributed by atoms with Crippen LogP contribution in [-0.2, 0) is 11.2 Å². The van der Waals surface area contributed by atoms with Gasteiger partial charge in [0.05, 0.1) is 23.9 Å². The van der Waals surface area contributed by atoms with Crippen molar-refractivity contribution in [3.05, 3.63) is 59.0 Å². The number of aliphatic hydroxyl groups is 2. The van der Waals surface area contributed by atoms with E-state index in [2.05, 4.69) is 30.7 Å². The number of fused-ring (bicyclic) bond motifs is 1. The Kier molecular flexibility index (Phi) is 8.04. The number of alkyl halides is 3. The molecule has 2 heterocycles. The van der Waals surface area contributed by atoms with Crippen LogP contribution in [0.3, 0.4) is 0 Å². The Bertz CT molecular complexity index is 1330. The van der Waals surface area contributed by atoms with Gasteiger partial charge in [0.1, 0.15) is 11.5 Å². The highest BCUT2D eigenvalue weighted by molar-refractivity contribution is 6.32. The van der Waals surface area contributed by atoms with E-state index in [0.717, 1.165) is 18.3 Å². The third-order valence-electron chi connectivity index (χ3n) is 5.17. The molecule has 2 unspecified atom stereocenters. The Hall–Kier alpha value is -3.88. The Morgan fingerprint density at radius 2 is 1.95 bits per heavy atom. The first kappa shape index (κ1) is 27.2. The van der Waals surface area contributed by atoms with Gasteiger partial charge in [0.2, 0.25) is 5.95 Å². The molecule has 1 aliphatic heterocycles. The van der Waals surface area contributed by atoms with E-state index >= 15 is 0 Å². The minimum Gasteiger partial charge on any atom is -0.480 e. The first-order valence-corrected chi connectivity index (χ1v) is 11.4. The monoisotopic (exact) mass is 557 g/mol. The van der Waals surface area contributed by atoms with E-state index in [1.54, 1.807) is 18.2 Å². The van der Waals surface area contributed by atoms with Crippen molar-refractivity contribution in [2.24, 2.45) is 0 Å². The second-order valence-corrected chi connectivity index (χ2v) is 8.46. The van der Waals surface area contributed by atoms with Gasteiger partial charge in [-0.1, -0.05) is 11.6 Å². The second-order valence-electron chi connectivity index (χ2n) is 8.05. The molecule has 5 N–H and O–H groups in total. The molecule has 15 heteroatoms. The summed E-state index contributed by atoms with van der Waals surface area (Å²) in [5, 5.41) is 25.9. The molecule has 1 amide bonds. The minimum absolute atomic E-state index is 0.00294. The third kappa shape index (κ3) is 6.90. The molecule has 0 fully saturated rings. The fourth-order valence-electron chi connectivity index (χ4n) is 3.44. The Morgan fingerprint density at radius 1 is 1.21 bits per heavy atom. The van der Waals surface area contributed by atoms with Crippen LogP contribution in [0, 0.1) is 5.82 Å². The number of ether oxygens (including phenoxy) is 2. The normalized spacial score (nSPS) is 15.3. The highest BCUT2D eigenvalue weighted by atomic mass is 35.5.